The molecule has 3 N–H and O–H groups in total. The molecule has 0 saturated heterocycles. The number of anilines is 1. The van der Waals surface area contributed by atoms with Crippen molar-refractivity contribution in [3.63, 3.8) is 0 Å². The summed E-state index contributed by atoms with van der Waals surface area (Å²) in [4.78, 5) is 21.1. The number of aromatic carboxylic acids is 1. The molecule has 1 aromatic carbocycles. The molecular formula is C9H9NO3. The van der Waals surface area contributed by atoms with Crippen LogP contribution in [0.3, 0.4) is 0 Å². The van der Waals surface area contributed by atoms with Crippen molar-refractivity contribution >= 4 is 17.9 Å². The van der Waals surface area contributed by atoms with Gasteiger partial charge in [0.1, 0.15) is 6.29 Å². The number of nitrogen functional groups attached to an aromatic ring is 1. The summed E-state index contributed by atoms with van der Waals surface area (Å²) in [6.45, 7) is 1.62. The van der Waals surface area contributed by atoms with Crippen LogP contribution in [-0.4, -0.2) is 17.4 Å². The van der Waals surface area contributed by atoms with Crippen molar-refractivity contribution in [3.8, 4) is 0 Å². The number of nitrogens with two attached hydrogens (primary N) is 1. The molecular weight excluding hydrogens is 170 g/mol. The van der Waals surface area contributed by atoms with Crippen molar-refractivity contribution in [2.75, 3.05) is 5.73 Å². The van der Waals surface area contributed by atoms with E-state index in [4.69, 9.17) is 10.8 Å². The van der Waals surface area contributed by atoms with E-state index in [0.29, 0.717) is 17.4 Å². The van der Waals surface area contributed by atoms with Gasteiger partial charge >= 0.3 is 5.97 Å². The van der Waals surface area contributed by atoms with Crippen LogP contribution in [0.1, 0.15) is 26.3 Å². The van der Waals surface area contributed by atoms with E-state index in [2.05, 4.69) is 0 Å². The summed E-state index contributed by atoms with van der Waals surface area (Å²) in [5.74, 6) is -1.09. The summed E-state index contributed by atoms with van der Waals surface area (Å²) in [6.07, 6.45) is 0.650. The zero-order valence-corrected chi connectivity index (χ0v) is 7.07. The van der Waals surface area contributed by atoms with Gasteiger partial charge in [0.25, 0.3) is 0 Å². The normalized spacial score (nSPS) is 9.62. The van der Waals surface area contributed by atoms with Crippen LogP contribution in [0.25, 0.3) is 0 Å². The molecule has 1 rings (SSSR count). The predicted molar refractivity (Wildman–Crippen MR) is 47.9 cm³/mol. The van der Waals surface area contributed by atoms with Crippen molar-refractivity contribution < 1.29 is 14.7 Å². The summed E-state index contributed by atoms with van der Waals surface area (Å²) in [7, 11) is 0. The first-order chi connectivity index (χ1) is 6.07. The zero-order chi connectivity index (χ0) is 10.0. The minimum atomic E-state index is -1.09. The topological polar surface area (TPSA) is 80.4 Å². The minimum absolute atomic E-state index is 0.0306. The molecule has 0 bridgehead atoms. The molecule has 4 heteroatoms. The Morgan fingerprint density at radius 3 is 2.62 bits per heavy atom. The maximum Gasteiger partial charge on any atom is 0.337 e. The quantitative estimate of drug-likeness (QED) is 0.526. The molecule has 0 atom stereocenters. The predicted octanol–water partition coefficient (Wildman–Crippen LogP) is 1.09. The van der Waals surface area contributed by atoms with Gasteiger partial charge in [0, 0.05) is 11.3 Å². The molecule has 13 heavy (non-hydrogen) atoms. The molecule has 4 nitrogen and oxygen atoms in total. The molecule has 0 heterocycles. The Hall–Kier alpha value is -1.84. The average molecular weight is 179 g/mol. The fourth-order valence-electron chi connectivity index (χ4n) is 1.06. The summed E-state index contributed by atoms with van der Waals surface area (Å²) in [5, 5.41) is 8.69. The molecule has 1 aromatic rings. The van der Waals surface area contributed by atoms with Gasteiger partial charge in [0.2, 0.25) is 0 Å². The third-order valence-electron chi connectivity index (χ3n) is 1.91. The lowest BCUT2D eigenvalue weighted by Crippen LogP contribution is -2.05. The van der Waals surface area contributed by atoms with E-state index in [-0.39, 0.29) is 11.3 Å². The zero-order valence-electron chi connectivity index (χ0n) is 7.07. The third kappa shape index (κ3) is 1.51. The Bertz CT molecular complexity index is 371. The highest BCUT2D eigenvalue weighted by molar-refractivity contribution is 5.96. The molecule has 0 aliphatic rings. The van der Waals surface area contributed by atoms with Crippen LogP contribution in [0.15, 0.2) is 12.1 Å². The molecule has 68 valence electrons. The summed E-state index contributed by atoms with van der Waals surface area (Å²) >= 11 is 0. The van der Waals surface area contributed by atoms with Crippen LogP contribution < -0.4 is 5.73 Å². The Morgan fingerprint density at radius 2 is 2.15 bits per heavy atom. The summed E-state index contributed by atoms with van der Waals surface area (Å²) in [5.41, 5.74) is 6.63. The van der Waals surface area contributed by atoms with Gasteiger partial charge in [-0.1, -0.05) is 6.07 Å². The second-order valence-corrected chi connectivity index (χ2v) is 2.66. The second-order valence-electron chi connectivity index (χ2n) is 2.66. The number of carbonyl (C=O) groups is 2. The molecule has 0 aliphatic heterocycles. The maximum atomic E-state index is 10.6. The van der Waals surface area contributed by atoms with Crippen LogP contribution in [0.4, 0.5) is 5.69 Å². The van der Waals surface area contributed by atoms with Gasteiger partial charge in [0.15, 0.2) is 0 Å². The third-order valence-corrected chi connectivity index (χ3v) is 1.91. The smallest absolute Gasteiger partial charge is 0.337 e. The Kier molecular flexibility index (Phi) is 2.32. The number of carboxylic acid groups (broad SMARTS) is 1. The average Bonchev–Trinajstić information content (AvgIpc) is 2.09. The van der Waals surface area contributed by atoms with Gasteiger partial charge in [-0.3, -0.25) is 4.79 Å². The lowest BCUT2D eigenvalue weighted by molar-refractivity contribution is 0.0697. The SMILES string of the molecule is Cc1c(C=O)ccc(C(=O)O)c1N. The van der Waals surface area contributed by atoms with Gasteiger partial charge in [-0.25, -0.2) is 4.79 Å². The molecule has 0 saturated carbocycles. The lowest BCUT2D eigenvalue weighted by atomic mass is 10.0. The lowest BCUT2D eigenvalue weighted by Gasteiger charge is -2.05. The Balaban J connectivity index is 3.39. The number of carbonyl (C=O) groups excluding carboxylic acids is 1. The number of hydrogen-bond acceptors (Lipinski definition) is 3. The second kappa shape index (κ2) is 3.26. The first kappa shape index (κ1) is 9.25. The standard InChI is InChI=1S/C9H9NO3/c1-5-6(4-11)2-3-7(8(5)10)9(12)13/h2-4H,10H2,1H3,(H,12,13). The minimum Gasteiger partial charge on any atom is -0.478 e. The van der Waals surface area contributed by atoms with Gasteiger partial charge in [0.05, 0.1) is 5.56 Å². The number of rotatable bonds is 2. The van der Waals surface area contributed by atoms with Crippen molar-refractivity contribution in [2.45, 2.75) is 6.92 Å². The van der Waals surface area contributed by atoms with Crippen LogP contribution in [0.2, 0.25) is 0 Å². The van der Waals surface area contributed by atoms with E-state index in [9.17, 15) is 9.59 Å². The highest BCUT2D eigenvalue weighted by Crippen LogP contribution is 2.19. The van der Waals surface area contributed by atoms with Crippen molar-refractivity contribution in [1.29, 1.82) is 0 Å². The molecule has 0 aromatic heterocycles. The van der Waals surface area contributed by atoms with E-state index >= 15 is 0 Å². The molecule has 0 amide bonds. The first-order valence-electron chi connectivity index (χ1n) is 3.65. The van der Waals surface area contributed by atoms with Crippen LogP contribution in [-0.2, 0) is 0 Å². The largest absolute Gasteiger partial charge is 0.478 e. The Morgan fingerprint density at radius 1 is 1.54 bits per heavy atom. The van der Waals surface area contributed by atoms with Crippen molar-refractivity contribution in [1.82, 2.24) is 0 Å². The molecule has 0 unspecified atom stereocenters. The highest BCUT2D eigenvalue weighted by Gasteiger charge is 2.11. The van der Waals surface area contributed by atoms with Crippen LogP contribution >= 0.6 is 0 Å². The fourth-order valence-corrected chi connectivity index (χ4v) is 1.06. The van der Waals surface area contributed by atoms with Gasteiger partial charge < -0.3 is 10.8 Å². The van der Waals surface area contributed by atoms with Gasteiger partial charge in [-0.05, 0) is 18.6 Å². The highest BCUT2D eigenvalue weighted by atomic mass is 16.4. The maximum absolute atomic E-state index is 10.6. The number of carboxylic acids is 1. The van der Waals surface area contributed by atoms with Crippen LogP contribution in [0.5, 0.6) is 0 Å². The fraction of sp³-hybridized carbons (Fsp3) is 0.111. The van der Waals surface area contributed by atoms with Crippen molar-refractivity contribution in [2.24, 2.45) is 0 Å². The van der Waals surface area contributed by atoms with E-state index in [1.807, 2.05) is 0 Å². The number of benzene rings is 1. The van der Waals surface area contributed by atoms with Crippen molar-refractivity contribution in [3.05, 3.63) is 28.8 Å². The molecule has 0 aliphatic carbocycles. The molecule has 0 fully saturated rings. The monoisotopic (exact) mass is 179 g/mol. The summed E-state index contributed by atoms with van der Waals surface area (Å²) < 4.78 is 0. The van der Waals surface area contributed by atoms with Gasteiger partial charge in [-0.15, -0.1) is 0 Å². The molecule has 0 spiro atoms. The Labute approximate surface area is 75.0 Å². The van der Waals surface area contributed by atoms with Crippen LogP contribution in [0, 0.1) is 6.92 Å². The van der Waals surface area contributed by atoms with E-state index in [0.717, 1.165) is 0 Å². The number of aldehydes is 1. The first-order valence-corrected chi connectivity index (χ1v) is 3.65. The summed E-state index contributed by atoms with van der Waals surface area (Å²) in [6, 6.07) is 2.77. The van der Waals surface area contributed by atoms with E-state index in [1.54, 1.807) is 6.92 Å². The van der Waals surface area contributed by atoms with E-state index < -0.39 is 5.97 Å². The molecule has 0 radical (unpaired) electrons. The van der Waals surface area contributed by atoms with E-state index in [1.165, 1.54) is 12.1 Å². The van der Waals surface area contributed by atoms with Gasteiger partial charge in [-0.2, -0.15) is 0 Å². The number of hydrogen-bond donors (Lipinski definition) is 2.